The predicted octanol–water partition coefficient (Wildman–Crippen LogP) is 4.55. The van der Waals surface area contributed by atoms with Crippen molar-refractivity contribution in [3.05, 3.63) is 64.1 Å². The van der Waals surface area contributed by atoms with Gasteiger partial charge >= 0.3 is 0 Å². The van der Waals surface area contributed by atoms with Crippen molar-refractivity contribution in [3.63, 3.8) is 0 Å². The van der Waals surface area contributed by atoms with Gasteiger partial charge in [0.1, 0.15) is 5.75 Å². The molecule has 0 spiro atoms. The van der Waals surface area contributed by atoms with Crippen molar-refractivity contribution in [1.82, 2.24) is 5.32 Å². The first-order chi connectivity index (χ1) is 9.74. The lowest BCUT2D eigenvalue weighted by molar-refractivity contribution is 0.413. The largest absolute Gasteiger partial charge is 0.497 e. The number of rotatable bonds is 6. The third-order valence-corrected chi connectivity index (χ3v) is 3.76. The van der Waals surface area contributed by atoms with Crippen LogP contribution in [0.4, 0.5) is 0 Å². The van der Waals surface area contributed by atoms with Crippen molar-refractivity contribution in [2.45, 2.75) is 19.4 Å². The van der Waals surface area contributed by atoms with E-state index in [4.69, 9.17) is 4.74 Å². The Hall–Kier alpha value is -1.32. The summed E-state index contributed by atoms with van der Waals surface area (Å²) in [5, 5.41) is 3.60. The van der Waals surface area contributed by atoms with Crippen LogP contribution in [-0.2, 0) is 0 Å². The molecule has 106 valence electrons. The third-order valence-electron chi connectivity index (χ3n) is 3.23. The molecule has 0 aliphatic carbocycles. The Morgan fingerprint density at radius 2 is 1.85 bits per heavy atom. The zero-order valence-electron chi connectivity index (χ0n) is 11.9. The van der Waals surface area contributed by atoms with Gasteiger partial charge in [-0.2, -0.15) is 0 Å². The highest BCUT2D eigenvalue weighted by Crippen LogP contribution is 2.26. The second-order valence-electron chi connectivity index (χ2n) is 4.72. The average molecular weight is 334 g/mol. The number of ether oxygens (including phenoxy) is 1. The van der Waals surface area contributed by atoms with E-state index in [0.29, 0.717) is 0 Å². The third kappa shape index (κ3) is 3.84. The summed E-state index contributed by atoms with van der Waals surface area (Å²) in [4.78, 5) is 0. The number of benzene rings is 2. The Bertz CT molecular complexity index is 539. The summed E-state index contributed by atoms with van der Waals surface area (Å²) in [6.07, 6.45) is 1.11. The van der Waals surface area contributed by atoms with Gasteiger partial charge in [-0.1, -0.05) is 47.1 Å². The molecule has 1 N–H and O–H groups in total. The molecule has 2 aromatic carbocycles. The maximum atomic E-state index is 5.33. The highest BCUT2D eigenvalue weighted by Gasteiger charge is 2.13. The molecule has 1 unspecified atom stereocenters. The molecular formula is C17H20BrNO. The zero-order valence-corrected chi connectivity index (χ0v) is 13.5. The molecule has 2 rings (SSSR count). The van der Waals surface area contributed by atoms with E-state index in [1.807, 2.05) is 12.1 Å². The van der Waals surface area contributed by atoms with E-state index in [1.54, 1.807) is 7.11 Å². The van der Waals surface area contributed by atoms with E-state index in [9.17, 15) is 0 Å². The summed E-state index contributed by atoms with van der Waals surface area (Å²) < 4.78 is 6.43. The summed E-state index contributed by atoms with van der Waals surface area (Å²) in [5.41, 5.74) is 2.48. The molecule has 0 aliphatic rings. The smallest absolute Gasteiger partial charge is 0.119 e. The van der Waals surface area contributed by atoms with Crippen molar-refractivity contribution in [1.29, 1.82) is 0 Å². The first-order valence-corrected chi connectivity index (χ1v) is 7.66. The molecule has 0 aliphatic heterocycles. The molecule has 3 heteroatoms. The lowest BCUT2D eigenvalue weighted by atomic mass is 9.98. The molecule has 2 nitrogen and oxygen atoms in total. The normalized spacial score (nSPS) is 12.2. The molecule has 0 aromatic heterocycles. The predicted molar refractivity (Wildman–Crippen MR) is 87.3 cm³/mol. The van der Waals surface area contributed by atoms with Gasteiger partial charge in [0, 0.05) is 4.47 Å². The van der Waals surface area contributed by atoms with Gasteiger partial charge in [0.05, 0.1) is 13.2 Å². The van der Waals surface area contributed by atoms with Crippen LogP contribution in [0.25, 0.3) is 0 Å². The van der Waals surface area contributed by atoms with Crippen LogP contribution in [0.3, 0.4) is 0 Å². The van der Waals surface area contributed by atoms with Crippen LogP contribution in [-0.4, -0.2) is 13.7 Å². The Balaban J connectivity index is 2.32. The number of hydrogen-bond donors (Lipinski definition) is 1. The molecule has 0 amide bonds. The second kappa shape index (κ2) is 7.46. The standard InChI is InChI=1S/C17H20BrNO/c1-3-11-19-17(13-7-9-15(18)10-8-13)14-5-4-6-16(12-14)20-2/h4-10,12,17,19H,3,11H2,1-2H3. The molecule has 0 saturated heterocycles. The molecular weight excluding hydrogens is 314 g/mol. The van der Waals surface area contributed by atoms with Crippen LogP contribution in [0.1, 0.15) is 30.5 Å². The van der Waals surface area contributed by atoms with Crippen LogP contribution in [0.5, 0.6) is 5.75 Å². The van der Waals surface area contributed by atoms with E-state index in [0.717, 1.165) is 23.2 Å². The maximum Gasteiger partial charge on any atom is 0.119 e. The summed E-state index contributed by atoms with van der Waals surface area (Å²) in [6.45, 7) is 3.16. The Morgan fingerprint density at radius 1 is 1.10 bits per heavy atom. The van der Waals surface area contributed by atoms with Crippen LogP contribution in [0.2, 0.25) is 0 Å². The monoisotopic (exact) mass is 333 g/mol. The molecule has 0 radical (unpaired) electrons. The van der Waals surface area contributed by atoms with E-state index in [1.165, 1.54) is 11.1 Å². The van der Waals surface area contributed by atoms with Crippen molar-refractivity contribution in [2.24, 2.45) is 0 Å². The summed E-state index contributed by atoms with van der Waals surface area (Å²) in [5.74, 6) is 0.892. The topological polar surface area (TPSA) is 21.3 Å². The van der Waals surface area contributed by atoms with Gasteiger partial charge in [0.25, 0.3) is 0 Å². The second-order valence-corrected chi connectivity index (χ2v) is 5.63. The molecule has 0 heterocycles. The zero-order chi connectivity index (χ0) is 14.4. The highest BCUT2D eigenvalue weighted by atomic mass is 79.9. The van der Waals surface area contributed by atoms with E-state index in [-0.39, 0.29) is 6.04 Å². The molecule has 1 atom stereocenters. The van der Waals surface area contributed by atoms with Gasteiger partial charge in [-0.15, -0.1) is 0 Å². The first-order valence-electron chi connectivity index (χ1n) is 6.87. The van der Waals surface area contributed by atoms with Crippen molar-refractivity contribution in [2.75, 3.05) is 13.7 Å². The minimum absolute atomic E-state index is 0.193. The Kier molecular flexibility index (Phi) is 5.62. The number of methoxy groups -OCH3 is 1. The van der Waals surface area contributed by atoms with Crippen molar-refractivity contribution >= 4 is 15.9 Å². The maximum absolute atomic E-state index is 5.33. The lowest BCUT2D eigenvalue weighted by Gasteiger charge is -2.20. The van der Waals surface area contributed by atoms with Gasteiger partial charge in [0.15, 0.2) is 0 Å². The fraction of sp³-hybridized carbons (Fsp3) is 0.294. The molecule has 20 heavy (non-hydrogen) atoms. The van der Waals surface area contributed by atoms with Gasteiger partial charge in [-0.3, -0.25) is 0 Å². The lowest BCUT2D eigenvalue weighted by Crippen LogP contribution is -2.23. The molecule has 2 aromatic rings. The number of hydrogen-bond acceptors (Lipinski definition) is 2. The van der Waals surface area contributed by atoms with E-state index in [2.05, 4.69) is 64.6 Å². The van der Waals surface area contributed by atoms with Gasteiger partial charge in [0.2, 0.25) is 0 Å². The van der Waals surface area contributed by atoms with Crippen LogP contribution < -0.4 is 10.1 Å². The van der Waals surface area contributed by atoms with Crippen LogP contribution >= 0.6 is 15.9 Å². The van der Waals surface area contributed by atoms with E-state index >= 15 is 0 Å². The highest BCUT2D eigenvalue weighted by molar-refractivity contribution is 9.10. The van der Waals surface area contributed by atoms with Crippen LogP contribution in [0, 0.1) is 0 Å². The average Bonchev–Trinajstić information content (AvgIpc) is 2.49. The van der Waals surface area contributed by atoms with Crippen molar-refractivity contribution < 1.29 is 4.74 Å². The quantitative estimate of drug-likeness (QED) is 0.837. The van der Waals surface area contributed by atoms with Crippen molar-refractivity contribution in [3.8, 4) is 5.75 Å². The minimum Gasteiger partial charge on any atom is -0.497 e. The molecule has 0 fully saturated rings. The fourth-order valence-corrected chi connectivity index (χ4v) is 2.46. The minimum atomic E-state index is 0.193. The van der Waals surface area contributed by atoms with Gasteiger partial charge in [-0.05, 0) is 48.4 Å². The Labute approximate surface area is 129 Å². The summed E-state index contributed by atoms with van der Waals surface area (Å²) in [7, 11) is 1.70. The molecule has 0 bridgehead atoms. The molecule has 0 saturated carbocycles. The summed E-state index contributed by atoms with van der Waals surface area (Å²) in [6, 6.07) is 16.9. The number of nitrogens with one attached hydrogen (secondary N) is 1. The first kappa shape index (κ1) is 15.1. The summed E-state index contributed by atoms with van der Waals surface area (Å²) >= 11 is 3.49. The fourth-order valence-electron chi connectivity index (χ4n) is 2.19. The van der Waals surface area contributed by atoms with Gasteiger partial charge < -0.3 is 10.1 Å². The van der Waals surface area contributed by atoms with E-state index < -0.39 is 0 Å². The van der Waals surface area contributed by atoms with Crippen LogP contribution in [0.15, 0.2) is 53.0 Å². The van der Waals surface area contributed by atoms with Gasteiger partial charge in [-0.25, -0.2) is 0 Å². The SMILES string of the molecule is CCCNC(c1ccc(Br)cc1)c1cccc(OC)c1. The Morgan fingerprint density at radius 3 is 2.50 bits per heavy atom. The number of halogens is 1.